The first-order valence-corrected chi connectivity index (χ1v) is 13.1. The van der Waals surface area contributed by atoms with E-state index in [-0.39, 0.29) is 30.5 Å². The summed E-state index contributed by atoms with van der Waals surface area (Å²) in [6, 6.07) is 7.29. The topological polar surface area (TPSA) is 84.5 Å². The molecule has 2 aromatic carbocycles. The lowest BCUT2D eigenvalue weighted by Gasteiger charge is -2.19. The standard InChI is InChI=1S/C24H28F4N2O4S/c1-15(16-7-8-17(21(25)11-16)14-30-35(2,32)33)23(31)29-13-18-9-10-19(24(26,27)28)12-22(18)34-20-5-3-4-6-20/h7-12,15,20,30H,3-6,13-14H2,1-2H3,(H,29,31). The van der Waals surface area contributed by atoms with E-state index in [1.807, 2.05) is 0 Å². The number of carbonyl (C=O) groups is 1. The van der Waals surface area contributed by atoms with Gasteiger partial charge in [0.25, 0.3) is 0 Å². The summed E-state index contributed by atoms with van der Waals surface area (Å²) in [5, 5.41) is 2.69. The van der Waals surface area contributed by atoms with Crippen molar-refractivity contribution in [2.75, 3.05) is 6.26 Å². The van der Waals surface area contributed by atoms with E-state index in [1.54, 1.807) is 6.92 Å². The van der Waals surface area contributed by atoms with Gasteiger partial charge >= 0.3 is 6.18 Å². The van der Waals surface area contributed by atoms with Crippen molar-refractivity contribution < 1.29 is 35.5 Å². The number of amides is 1. The molecule has 0 bridgehead atoms. The lowest BCUT2D eigenvalue weighted by molar-refractivity contribution is -0.137. The Balaban J connectivity index is 1.69. The van der Waals surface area contributed by atoms with Crippen LogP contribution in [0.15, 0.2) is 36.4 Å². The zero-order valence-corrected chi connectivity index (χ0v) is 20.2. The maximum Gasteiger partial charge on any atom is 0.416 e. The van der Waals surface area contributed by atoms with Gasteiger partial charge in [0.05, 0.1) is 23.8 Å². The van der Waals surface area contributed by atoms with Crippen molar-refractivity contribution in [1.82, 2.24) is 10.0 Å². The quantitative estimate of drug-likeness (QED) is 0.476. The van der Waals surface area contributed by atoms with E-state index in [1.165, 1.54) is 18.2 Å². The van der Waals surface area contributed by atoms with Gasteiger partial charge < -0.3 is 10.1 Å². The van der Waals surface area contributed by atoms with E-state index in [2.05, 4.69) is 10.0 Å². The Bertz CT molecular complexity index is 1160. The van der Waals surface area contributed by atoms with Crippen LogP contribution < -0.4 is 14.8 Å². The van der Waals surface area contributed by atoms with E-state index in [0.29, 0.717) is 11.1 Å². The highest BCUT2D eigenvalue weighted by Crippen LogP contribution is 2.35. The van der Waals surface area contributed by atoms with E-state index in [4.69, 9.17) is 4.74 Å². The minimum atomic E-state index is -4.52. The Kier molecular flexibility index (Phi) is 8.42. The monoisotopic (exact) mass is 516 g/mol. The number of rotatable bonds is 9. The summed E-state index contributed by atoms with van der Waals surface area (Å²) in [5.41, 5.74) is 0.0943. The maximum atomic E-state index is 14.4. The summed E-state index contributed by atoms with van der Waals surface area (Å²) in [5.74, 6) is -1.77. The highest BCUT2D eigenvalue weighted by Gasteiger charge is 2.32. The number of carbonyl (C=O) groups excluding carboxylic acids is 1. The molecule has 1 amide bonds. The molecule has 1 aliphatic carbocycles. The number of halogens is 4. The molecule has 2 aromatic rings. The fourth-order valence-corrected chi connectivity index (χ4v) is 4.26. The van der Waals surface area contributed by atoms with Gasteiger partial charge in [0.1, 0.15) is 11.6 Å². The van der Waals surface area contributed by atoms with Crippen LogP contribution in [0.5, 0.6) is 5.75 Å². The third-order valence-corrected chi connectivity index (χ3v) is 6.61. The molecule has 6 nitrogen and oxygen atoms in total. The van der Waals surface area contributed by atoms with Crippen LogP contribution in [-0.2, 0) is 34.1 Å². The number of nitrogens with one attached hydrogen (secondary N) is 2. The number of benzene rings is 2. The van der Waals surface area contributed by atoms with Gasteiger partial charge in [0.15, 0.2) is 0 Å². The Hall–Kier alpha value is -2.66. The molecule has 0 saturated heterocycles. The molecular formula is C24H28F4N2O4S. The summed E-state index contributed by atoms with van der Waals surface area (Å²) in [6.45, 7) is 1.30. The number of hydrogen-bond donors (Lipinski definition) is 2. The molecule has 0 spiro atoms. The molecule has 3 rings (SSSR count). The molecule has 1 aliphatic rings. The third-order valence-electron chi connectivity index (χ3n) is 5.94. The average molecular weight is 517 g/mol. The first-order chi connectivity index (χ1) is 16.3. The van der Waals surface area contributed by atoms with Crippen LogP contribution in [0.4, 0.5) is 17.6 Å². The highest BCUT2D eigenvalue weighted by atomic mass is 32.2. The minimum absolute atomic E-state index is 0.0534. The molecule has 35 heavy (non-hydrogen) atoms. The molecule has 0 aliphatic heterocycles. The van der Waals surface area contributed by atoms with Gasteiger partial charge in [0.2, 0.25) is 15.9 Å². The van der Waals surface area contributed by atoms with Gasteiger partial charge in [-0.2, -0.15) is 13.2 Å². The first-order valence-electron chi connectivity index (χ1n) is 11.2. The normalized spacial score (nSPS) is 15.7. The molecule has 1 unspecified atom stereocenters. The van der Waals surface area contributed by atoms with E-state index in [9.17, 15) is 30.8 Å². The third kappa shape index (κ3) is 7.66. The number of ether oxygens (including phenoxy) is 1. The van der Waals surface area contributed by atoms with Crippen molar-refractivity contribution in [2.45, 2.75) is 63.9 Å². The van der Waals surface area contributed by atoms with Gasteiger partial charge in [-0.25, -0.2) is 17.5 Å². The van der Waals surface area contributed by atoms with Crippen molar-refractivity contribution >= 4 is 15.9 Å². The van der Waals surface area contributed by atoms with Gasteiger partial charge in [-0.15, -0.1) is 0 Å². The highest BCUT2D eigenvalue weighted by molar-refractivity contribution is 7.88. The Morgan fingerprint density at radius 2 is 1.74 bits per heavy atom. The Morgan fingerprint density at radius 1 is 1.09 bits per heavy atom. The summed E-state index contributed by atoms with van der Waals surface area (Å²) >= 11 is 0. The van der Waals surface area contributed by atoms with Crippen molar-refractivity contribution in [3.8, 4) is 5.75 Å². The molecule has 192 valence electrons. The van der Waals surface area contributed by atoms with Crippen molar-refractivity contribution in [3.05, 3.63) is 64.5 Å². The zero-order valence-electron chi connectivity index (χ0n) is 19.4. The molecule has 11 heteroatoms. The van der Waals surface area contributed by atoms with Crippen LogP contribution >= 0.6 is 0 Å². The number of hydrogen-bond acceptors (Lipinski definition) is 4. The fraction of sp³-hybridized carbons (Fsp3) is 0.458. The average Bonchev–Trinajstić information content (AvgIpc) is 3.28. The molecular weight excluding hydrogens is 488 g/mol. The largest absolute Gasteiger partial charge is 0.490 e. The molecule has 2 N–H and O–H groups in total. The summed E-state index contributed by atoms with van der Waals surface area (Å²) < 4.78 is 84.5. The van der Waals surface area contributed by atoms with Crippen molar-refractivity contribution in [3.63, 3.8) is 0 Å². The zero-order chi connectivity index (χ0) is 25.8. The van der Waals surface area contributed by atoms with Gasteiger partial charge in [0, 0.05) is 24.2 Å². The van der Waals surface area contributed by atoms with E-state index < -0.39 is 39.4 Å². The minimum Gasteiger partial charge on any atom is -0.490 e. The van der Waals surface area contributed by atoms with Crippen LogP contribution in [-0.4, -0.2) is 26.7 Å². The number of alkyl halides is 3. The molecule has 1 atom stereocenters. The van der Waals surface area contributed by atoms with Crippen LogP contribution in [0.2, 0.25) is 0 Å². The van der Waals surface area contributed by atoms with Crippen molar-refractivity contribution in [2.24, 2.45) is 0 Å². The fourth-order valence-electron chi connectivity index (χ4n) is 3.84. The van der Waals surface area contributed by atoms with E-state index >= 15 is 0 Å². The first kappa shape index (κ1) is 26.9. The smallest absolute Gasteiger partial charge is 0.416 e. The Labute approximate surface area is 202 Å². The predicted molar refractivity (Wildman–Crippen MR) is 123 cm³/mol. The second kappa shape index (κ2) is 10.9. The van der Waals surface area contributed by atoms with Crippen LogP contribution in [0.3, 0.4) is 0 Å². The predicted octanol–water partition coefficient (Wildman–Crippen LogP) is 4.64. The lowest BCUT2D eigenvalue weighted by Crippen LogP contribution is -2.28. The summed E-state index contributed by atoms with van der Waals surface area (Å²) in [7, 11) is -3.49. The van der Waals surface area contributed by atoms with Gasteiger partial charge in [-0.1, -0.05) is 18.2 Å². The van der Waals surface area contributed by atoms with Crippen LogP contribution in [0.1, 0.15) is 60.8 Å². The van der Waals surface area contributed by atoms with Gasteiger partial charge in [-0.05, 0) is 56.4 Å². The van der Waals surface area contributed by atoms with Crippen molar-refractivity contribution in [1.29, 1.82) is 0 Å². The molecule has 1 saturated carbocycles. The second-order valence-corrected chi connectivity index (χ2v) is 10.6. The SMILES string of the molecule is CC(C(=O)NCc1ccc(C(F)(F)F)cc1OC1CCCC1)c1ccc(CNS(C)(=O)=O)c(F)c1. The van der Waals surface area contributed by atoms with E-state index in [0.717, 1.165) is 50.1 Å². The summed E-state index contributed by atoms with van der Waals surface area (Å²) in [6.07, 6.45) is -0.282. The van der Waals surface area contributed by atoms with Gasteiger partial charge in [-0.3, -0.25) is 4.79 Å². The summed E-state index contributed by atoms with van der Waals surface area (Å²) in [4.78, 5) is 12.7. The molecule has 0 aromatic heterocycles. The van der Waals surface area contributed by atoms with Crippen LogP contribution in [0.25, 0.3) is 0 Å². The van der Waals surface area contributed by atoms with Crippen LogP contribution in [0, 0.1) is 5.82 Å². The molecule has 0 radical (unpaired) electrons. The number of sulfonamides is 1. The second-order valence-electron chi connectivity index (χ2n) is 8.73. The maximum absolute atomic E-state index is 14.4. The molecule has 0 heterocycles. The molecule has 1 fully saturated rings. The lowest BCUT2D eigenvalue weighted by atomic mass is 9.98. The Morgan fingerprint density at radius 3 is 2.34 bits per heavy atom.